The van der Waals surface area contributed by atoms with Crippen LogP contribution in [0, 0.1) is 5.82 Å². The van der Waals surface area contributed by atoms with Crippen LogP contribution in [0.2, 0.25) is 0 Å². The Morgan fingerprint density at radius 3 is 2.42 bits per heavy atom. The van der Waals surface area contributed by atoms with Crippen molar-refractivity contribution in [2.24, 2.45) is 0 Å². The third-order valence-corrected chi connectivity index (χ3v) is 4.13. The molecule has 0 unspecified atom stereocenters. The van der Waals surface area contributed by atoms with Gasteiger partial charge in [-0.05, 0) is 48.4 Å². The molecule has 0 bridgehead atoms. The third kappa shape index (κ3) is 4.51. The molecule has 0 aliphatic rings. The number of halogens is 1. The standard InChI is InChI=1S/C21H20FNO3/c22-17-6-10-19(11-7-17)26-15-14-23-18(9-13-21(24)25)8-12-20(23)16-4-2-1-3-5-16/h1-8,10-12H,9,13-15H2,(H,24,25). The first kappa shape index (κ1) is 17.7. The average Bonchev–Trinajstić information content (AvgIpc) is 3.05. The van der Waals surface area contributed by atoms with Crippen molar-refractivity contribution in [2.45, 2.75) is 19.4 Å². The molecular weight excluding hydrogens is 333 g/mol. The van der Waals surface area contributed by atoms with E-state index in [0.717, 1.165) is 17.0 Å². The van der Waals surface area contributed by atoms with Crippen LogP contribution in [0.3, 0.4) is 0 Å². The molecule has 0 amide bonds. The van der Waals surface area contributed by atoms with Crippen LogP contribution in [0.4, 0.5) is 4.39 Å². The van der Waals surface area contributed by atoms with Crippen molar-refractivity contribution >= 4 is 5.97 Å². The summed E-state index contributed by atoms with van der Waals surface area (Å²) in [4.78, 5) is 10.9. The molecule has 3 rings (SSSR count). The Hall–Kier alpha value is -3.08. The van der Waals surface area contributed by atoms with E-state index < -0.39 is 5.97 Å². The molecule has 2 aromatic carbocycles. The summed E-state index contributed by atoms with van der Waals surface area (Å²) in [5, 5.41) is 8.97. The van der Waals surface area contributed by atoms with Gasteiger partial charge >= 0.3 is 5.97 Å². The normalized spacial score (nSPS) is 10.7. The van der Waals surface area contributed by atoms with Gasteiger partial charge in [-0.1, -0.05) is 30.3 Å². The number of carboxylic acid groups (broad SMARTS) is 1. The van der Waals surface area contributed by atoms with Crippen LogP contribution in [-0.2, 0) is 17.8 Å². The van der Waals surface area contributed by atoms with Gasteiger partial charge in [0, 0.05) is 11.4 Å². The Labute approximate surface area is 151 Å². The summed E-state index contributed by atoms with van der Waals surface area (Å²) >= 11 is 0. The molecule has 1 heterocycles. The molecule has 0 spiro atoms. The Bertz CT molecular complexity index is 857. The predicted molar refractivity (Wildman–Crippen MR) is 97.7 cm³/mol. The largest absolute Gasteiger partial charge is 0.492 e. The number of carbonyl (C=O) groups is 1. The second kappa shape index (κ2) is 8.34. The molecule has 0 radical (unpaired) electrons. The van der Waals surface area contributed by atoms with Crippen LogP contribution in [0.15, 0.2) is 66.7 Å². The molecule has 3 aromatic rings. The summed E-state index contributed by atoms with van der Waals surface area (Å²) < 4.78 is 20.8. The van der Waals surface area contributed by atoms with Gasteiger partial charge in [0.2, 0.25) is 0 Å². The van der Waals surface area contributed by atoms with Gasteiger partial charge in [0.1, 0.15) is 18.2 Å². The Morgan fingerprint density at radius 1 is 1.00 bits per heavy atom. The van der Waals surface area contributed by atoms with Crippen LogP contribution < -0.4 is 4.74 Å². The highest BCUT2D eigenvalue weighted by molar-refractivity contribution is 5.67. The zero-order valence-electron chi connectivity index (χ0n) is 14.3. The van der Waals surface area contributed by atoms with Gasteiger partial charge in [-0.15, -0.1) is 0 Å². The maximum Gasteiger partial charge on any atom is 0.303 e. The van der Waals surface area contributed by atoms with E-state index in [1.54, 1.807) is 12.1 Å². The van der Waals surface area contributed by atoms with Crippen LogP contribution in [0.5, 0.6) is 5.75 Å². The molecule has 26 heavy (non-hydrogen) atoms. The molecule has 5 heteroatoms. The molecule has 0 aliphatic heterocycles. The van der Waals surface area contributed by atoms with Gasteiger partial charge in [-0.2, -0.15) is 0 Å². The summed E-state index contributed by atoms with van der Waals surface area (Å²) in [7, 11) is 0. The van der Waals surface area contributed by atoms with Crippen LogP contribution in [0.1, 0.15) is 12.1 Å². The molecule has 1 aromatic heterocycles. The number of hydrogen-bond acceptors (Lipinski definition) is 2. The van der Waals surface area contributed by atoms with E-state index in [4.69, 9.17) is 9.84 Å². The minimum Gasteiger partial charge on any atom is -0.492 e. The monoisotopic (exact) mass is 353 g/mol. The van der Waals surface area contributed by atoms with E-state index >= 15 is 0 Å². The molecule has 0 atom stereocenters. The van der Waals surface area contributed by atoms with E-state index in [9.17, 15) is 9.18 Å². The van der Waals surface area contributed by atoms with E-state index in [1.165, 1.54) is 12.1 Å². The summed E-state index contributed by atoms with van der Waals surface area (Å²) in [6.45, 7) is 0.976. The van der Waals surface area contributed by atoms with Crippen LogP contribution in [0.25, 0.3) is 11.3 Å². The number of aromatic nitrogens is 1. The second-order valence-corrected chi connectivity index (χ2v) is 5.92. The van der Waals surface area contributed by atoms with Gasteiger partial charge in [0.15, 0.2) is 0 Å². The number of nitrogens with zero attached hydrogens (tertiary/aromatic N) is 1. The second-order valence-electron chi connectivity index (χ2n) is 5.92. The minimum atomic E-state index is -0.818. The summed E-state index contributed by atoms with van der Waals surface area (Å²) in [5.74, 6) is -0.515. The van der Waals surface area contributed by atoms with E-state index in [2.05, 4.69) is 4.57 Å². The molecule has 0 saturated heterocycles. The van der Waals surface area contributed by atoms with Gasteiger partial charge < -0.3 is 14.4 Å². The van der Waals surface area contributed by atoms with Crippen molar-refractivity contribution in [3.05, 3.63) is 78.2 Å². The highest BCUT2D eigenvalue weighted by Crippen LogP contribution is 2.23. The van der Waals surface area contributed by atoms with Crippen molar-refractivity contribution in [3.63, 3.8) is 0 Å². The summed E-state index contributed by atoms with van der Waals surface area (Å²) in [6.07, 6.45) is 0.537. The van der Waals surface area contributed by atoms with Crippen molar-refractivity contribution in [1.82, 2.24) is 4.57 Å². The number of aryl methyl sites for hydroxylation is 1. The number of hydrogen-bond donors (Lipinski definition) is 1. The zero-order valence-corrected chi connectivity index (χ0v) is 14.3. The van der Waals surface area contributed by atoms with Crippen molar-refractivity contribution in [3.8, 4) is 17.0 Å². The van der Waals surface area contributed by atoms with Crippen molar-refractivity contribution in [2.75, 3.05) is 6.61 Å². The van der Waals surface area contributed by atoms with E-state index in [1.807, 2.05) is 42.5 Å². The molecule has 0 fully saturated rings. The Balaban J connectivity index is 1.76. The fourth-order valence-corrected chi connectivity index (χ4v) is 2.87. The van der Waals surface area contributed by atoms with E-state index in [-0.39, 0.29) is 12.2 Å². The van der Waals surface area contributed by atoms with Gasteiger partial charge in [-0.25, -0.2) is 4.39 Å². The summed E-state index contributed by atoms with van der Waals surface area (Å²) in [5.41, 5.74) is 3.04. The third-order valence-electron chi connectivity index (χ3n) is 4.13. The molecule has 0 saturated carbocycles. The summed E-state index contributed by atoms with van der Waals surface area (Å²) in [6, 6.07) is 19.8. The lowest BCUT2D eigenvalue weighted by Crippen LogP contribution is -2.13. The van der Waals surface area contributed by atoms with Crippen LogP contribution >= 0.6 is 0 Å². The number of aliphatic carboxylic acids is 1. The molecular formula is C21H20FNO3. The molecule has 4 nitrogen and oxygen atoms in total. The lowest BCUT2D eigenvalue weighted by molar-refractivity contribution is -0.136. The predicted octanol–water partition coefficient (Wildman–Crippen LogP) is 4.39. The fourth-order valence-electron chi connectivity index (χ4n) is 2.87. The lowest BCUT2D eigenvalue weighted by atomic mass is 10.1. The maximum absolute atomic E-state index is 13.0. The number of carboxylic acids is 1. The van der Waals surface area contributed by atoms with Gasteiger partial charge in [0.25, 0.3) is 0 Å². The van der Waals surface area contributed by atoms with Crippen molar-refractivity contribution in [1.29, 1.82) is 0 Å². The Kier molecular flexibility index (Phi) is 5.69. The Morgan fingerprint density at radius 2 is 1.73 bits per heavy atom. The molecule has 134 valence electrons. The maximum atomic E-state index is 13.0. The topological polar surface area (TPSA) is 51.5 Å². The number of ether oxygens (including phenoxy) is 1. The van der Waals surface area contributed by atoms with E-state index in [0.29, 0.717) is 25.3 Å². The average molecular weight is 353 g/mol. The number of rotatable bonds is 8. The first-order valence-corrected chi connectivity index (χ1v) is 8.47. The quantitative estimate of drug-likeness (QED) is 0.653. The fraction of sp³-hybridized carbons (Fsp3) is 0.190. The zero-order chi connectivity index (χ0) is 18.4. The highest BCUT2D eigenvalue weighted by atomic mass is 19.1. The number of benzene rings is 2. The molecule has 0 aliphatic carbocycles. The lowest BCUT2D eigenvalue weighted by Gasteiger charge is -2.14. The smallest absolute Gasteiger partial charge is 0.303 e. The van der Waals surface area contributed by atoms with Crippen LogP contribution in [-0.4, -0.2) is 22.2 Å². The first-order valence-electron chi connectivity index (χ1n) is 8.47. The SMILES string of the molecule is O=C(O)CCc1ccc(-c2ccccc2)n1CCOc1ccc(F)cc1. The minimum absolute atomic E-state index is 0.0804. The highest BCUT2D eigenvalue weighted by Gasteiger charge is 2.11. The van der Waals surface area contributed by atoms with Crippen molar-refractivity contribution < 1.29 is 19.0 Å². The molecule has 1 N–H and O–H groups in total. The first-order chi connectivity index (χ1) is 12.6. The van der Waals surface area contributed by atoms with Gasteiger partial charge in [0.05, 0.1) is 13.0 Å². The van der Waals surface area contributed by atoms with Gasteiger partial charge in [-0.3, -0.25) is 4.79 Å².